The van der Waals surface area contributed by atoms with Crippen LogP contribution in [0.5, 0.6) is 0 Å². The lowest BCUT2D eigenvalue weighted by atomic mass is 9.92. The minimum Gasteiger partial charge on any atom is -0.462 e. The SMILES string of the molecule is C=CC(=O)OCC(COC(=O)C=C)(COC(=O)C=C)COC(=O)NCCCC. The number of ether oxygens (including phenoxy) is 4. The molecule has 0 aromatic carbocycles. The maximum atomic E-state index is 11.8. The number of rotatable bonds is 14. The van der Waals surface area contributed by atoms with Gasteiger partial charge in [-0.3, -0.25) is 0 Å². The topological polar surface area (TPSA) is 117 Å². The molecule has 28 heavy (non-hydrogen) atoms. The first-order valence-electron chi connectivity index (χ1n) is 8.60. The van der Waals surface area contributed by atoms with Crippen molar-refractivity contribution < 1.29 is 38.1 Å². The van der Waals surface area contributed by atoms with Gasteiger partial charge in [0.05, 0.1) is 0 Å². The summed E-state index contributed by atoms with van der Waals surface area (Å²) in [6, 6.07) is 0. The van der Waals surface area contributed by atoms with Crippen molar-refractivity contribution in [2.45, 2.75) is 19.8 Å². The van der Waals surface area contributed by atoms with Gasteiger partial charge in [0.25, 0.3) is 0 Å². The van der Waals surface area contributed by atoms with E-state index in [1.54, 1.807) is 0 Å². The molecule has 0 aliphatic carbocycles. The van der Waals surface area contributed by atoms with Crippen LogP contribution in [0.4, 0.5) is 4.79 Å². The quantitative estimate of drug-likeness (QED) is 0.204. The Morgan fingerprint density at radius 1 is 0.786 bits per heavy atom. The third-order valence-corrected chi connectivity index (χ3v) is 3.37. The predicted molar refractivity (Wildman–Crippen MR) is 100 cm³/mol. The minimum atomic E-state index is -1.34. The van der Waals surface area contributed by atoms with Gasteiger partial charge in [-0.2, -0.15) is 0 Å². The maximum Gasteiger partial charge on any atom is 0.407 e. The van der Waals surface area contributed by atoms with Gasteiger partial charge in [-0.15, -0.1) is 0 Å². The molecular weight excluding hydrogens is 370 g/mol. The third-order valence-electron chi connectivity index (χ3n) is 3.37. The van der Waals surface area contributed by atoms with Gasteiger partial charge in [-0.1, -0.05) is 33.1 Å². The van der Waals surface area contributed by atoms with Gasteiger partial charge in [-0.25, -0.2) is 19.2 Å². The Morgan fingerprint density at radius 2 is 1.18 bits per heavy atom. The Labute approximate surface area is 164 Å². The summed E-state index contributed by atoms with van der Waals surface area (Å²) < 4.78 is 20.2. The fourth-order valence-corrected chi connectivity index (χ4v) is 1.74. The molecule has 0 saturated heterocycles. The largest absolute Gasteiger partial charge is 0.462 e. The number of unbranched alkanes of at least 4 members (excludes halogenated alkanes) is 1. The van der Waals surface area contributed by atoms with Crippen LogP contribution < -0.4 is 5.32 Å². The van der Waals surface area contributed by atoms with Crippen molar-refractivity contribution in [3.63, 3.8) is 0 Å². The van der Waals surface area contributed by atoms with E-state index in [9.17, 15) is 19.2 Å². The summed E-state index contributed by atoms with van der Waals surface area (Å²) in [5.74, 6) is -2.24. The maximum absolute atomic E-state index is 11.8. The molecule has 0 radical (unpaired) electrons. The summed E-state index contributed by atoms with van der Waals surface area (Å²) in [4.78, 5) is 46.2. The molecule has 0 fully saturated rings. The zero-order valence-electron chi connectivity index (χ0n) is 16.1. The first-order valence-corrected chi connectivity index (χ1v) is 8.60. The molecule has 0 aromatic rings. The Balaban J connectivity index is 5.28. The zero-order valence-corrected chi connectivity index (χ0v) is 16.1. The van der Waals surface area contributed by atoms with E-state index < -0.39 is 29.4 Å². The van der Waals surface area contributed by atoms with Crippen molar-refractivity contribution in [1.82, 2.24) is 5.32 Å². The summed E-state index contributed by atoms with van der Waals surface area (Å²) in [5.41, 5.74) is -1.34. The number of nitrogens with one attached hydrogen (secondary N) is 1. The molecule has 156 valence electrons. The second-order valence-corrected chi connectivity index (χ2v) is 5.79. The predicted octanol–water partition coefficient (Wildman–Crippen LogP) is 1.69. The number of carbonyl (C=O) groups excluding carboxylic acids is 4. The molecule has 1 amide bonds. The van der Waals surface area contributed by atoms with Gasteiger partial charge < -0.3 is 24.3 Å². The molecule has 0 unspecified atom stereocenters. The van der Waals surface area contributed by atoms with Gasteiger partial charge >= 0.3 is 24.0 Å². The second-order valence-electron chi connectivity index (χ2n) is 5.79. The molecular formula is C19H27NO8. The van der Waals surface area contributed by atoms with E-state index in [4.69, 9.17) is 18.9 Å². The molecule has 0 aliphatic heterocycles. The second kappa shape index (κ2) is 14.0. The van der Waals surface area contributed by atoms with E-state index in [0.717, 1.165) is 31.1 Å². The third kappa shape index (κ3) is 10.8. The van der Waals surface area contributed by atoms with E-state index in [0.29, 0.717) is 6.54 Å². The van der Waals surface area contributed by atoms with E-state index >= 15 is 0 Å². The van der Waals surface area contributed by atoms with Crippen LogP contribution in [0, 0.1) is 5.41 Å². The summed E-state index contributed by atoms with van der Waals surface area (Å²) in [6.45, 7) is 10.8. The summed E-state index contributed by atoms with van der Waals surface area (Å²) >= 11 is 0. The minimum absolute atomic E-state index is 0.357. The molecule has 1 N–H and O–H groups in total. The number of hydrogen-bond acceptors (Lipinski definition) is 8. The fourth-order valence-electron chi connectivity index (χ4n) is 1.74. The van der Waals surface area contributed by atoms with Crippen molar-refractivity contribution in [3.05, 3.63) is 38.0 Å². The fraction of sp³-hybridized carbons (Fsp3) is 0.474. The zero-order chi connectivity index (χ0) is 21.4. The molecule has 9 heteroatoms. The van der Waals surface area contributed by atoms with E-state index in [-0.39, 0.29) is 26.4 Å². The normalized spacial score (nSPS) is 10.2. The Hall–Kier alpha value is -3.10. The Kier molecular flexibility index (Phi) is 12.5. The number of alkyl carbamates (subject to hydrolysis) is 1. The van der Waals surface area contributed by atoms with Gasteiger partial charge in [0.2, 0.25) is 0 Å². The van der Waals surface area contributed by atoms with E-state index in [2.05, 4.69) is 25.1 Å². The smallest absolute Gasteiger partial charge is 0.407 e. The van der Waals surface area contributed by atoms with Gasteiger partial charge in [-0.05, 0) is 6.42 Å². The lowest BCUT2D eigenvalue weighted by Gasteiger charge is -2.31. The van der Waals surface area contributed by atoms with Crippen molar-refractivity contribution in [3.8, 4) is 0 Å². The molecule has 0 saturated carbocycles. The highest BCUT2D eigenvalue weighted by Crippen LogP contribution is 2.21. The van der Waals surface area contributed by atoms with E-state index in [1.807, 2.05) is 6.92 Å². The number of amides is 1. The highest BCUT2D eigenvalue weighted by atomic mass is 16.6. The van der Waals surface area contributed by atoms with Crippen molar-refractivity contribution in [2.24, 2.45) is 5.41 Å². The summed E-state index contributed by atoms with van der Waals surface area (Å²) in [6.07, 6.45) is 3.76. The molecule has 0 bridgehead atoms. The summed E-state index contributed by atoms with van der Waals surface area (Å²) in [7, 11) is 0. The van der Waals surface area contributed by atoms with Crippen LogP contribution in [-0.4, -0.2) is 57.0 Å². The average molecular weight is 397 g/mol. The average Bonchev–Trinajstić information content (AvgIpc) is 2.71. The van der Waals surface area contributed by atoms with Gasteiger partial charge in [0.1, 0.15) is 31.8 Å². The highest BCUT2D eigenvalue weighted by molar-refractivity contribution is 5.82. The molecule has 0 rings (SSSR count). The molecule has 9 nitrogen and oxygen atoms in total. The number of esters is 3. The van der Waals surface area contributed by atoms with Crippen LogP contribution in [0.3, 0.4) is 0 Å². The number of hydrogen-bond donors (Lipinski definition) is 1. The molecule has 0 aromatic heterocycles. The van der Waals surface area contributed by atoms with Crippen LogP contribution in [-0.2, 0) is 33.3 Å². The van der Waals surface area contributed by atoms with Gasteiger partial charge in [0, 0.05) is 24.8 Å². The first kappa shape index (κ1) is 24.9. The monoisotopic (exact) mass is 397 g/mol. The van der Waals surface area contributed by atoms with Crippen molar-refractivity contribution in [1.29, 1.82) is 0 Å². The standard InChI is InChI=1S/C19H27NO8/c1-5-9-10-20-18(24)28-14-19(11-25-15(21)6-2,12-26-16(22)7-3)13-27-17(23)8-4/h6-8H,2-5,9-14H2,1H3,(H,20,24). The molecule has 0 heterocycles. The molecule has 0 spiro atoms. The van der Waals surface area contributed by atoms with Crippen LogP contribution in [0.25, 0.3) is 0 Å². The van der Waals surface area contributed by atoms with Crippen LogP contribution >= 0.6 is 0 Å². The van der Waals surface area contributed by atoms with Crippen molar-refractivity contribution in [2.75, 3.05) is 33.0 Å². The van der Waals surface area contributed by atoms with Crippen LogP contribution in [0.1, 0.15) is 19.8 Å². The lowest BCUT2D eigenvalue weighted by molar-refractivity contribution is -0.159. The molecule has 0 aliphatic rings. The van der Waals surface area contributed by atoms with E-state index in [1.165, 1.54) is 0 Å². The highest BCUT2D eigenvalue weighted by Gasteiger charge is 2.37. The van der Waals surface area contributed by atoms with Crippen molar-refractivity contribution >= 4 is 24.0 Å². The Bertz CT molecular complexity index is 525. The lowest BCUT2D eigenvalue weighted by Crippen LogP contribution is -2.44. The Morgan fingerprint density at radius 3 is 1.54 bits per heavy atom. The van der Waals surface area contributed by atoms with Crippen LogP contribution in [0.2, 0.25) is 0 Å². The first-order chi connectivity index (χ1) is 13.3. The van der Waals surface area contributed by atoms with Gasteiger partial charge in [0.15, 0.2) is 0 Å². The van der Waals surface area contributed by atoms with Crippen LogP contribution in [0.15, 0.2) is 38.0 Å². The number of carbonyl (C=O) groups is 4. The summed E-state index contributed by atoms with van der Waals surface area (Å²) in [5, 5.41) is 2.55. The molecule has 0 atom stereocenters.